The Labute approximate surface area is 143 Å². The molecule has 0 saturated heterocycles. The van der Waals surface area contributed by atoms with Crippen molar-refractivity contribution in [2.24, 2.45) is 5.92 Å². The van der Waals surface area contributed by atoms with Crippen molar-refractivity contribution in [1.82, 2.24) is 0 Å². The first kappa shape index (κ1) is 16.9. The molecule has 126 valence electrons. The zero-order valence-corrected chi connectivity index (χ0v) is 13.8. The van der Waals surface area contributed by atoms with E-state index in [2.05, 4.69) is 6.58 Å². The Hall–Kier alpha value is -1.94. The minimum atomic E-state index is -0.504. The molecule has 3 atom stereocenters. The van der Waals surface area contributed by atoms with Gasteiger partial charge < -0.3 is 14.6 Å². The van der Waals surface area contributed by atoms with Gasteiger partial charge in [0.25, 0.3) is 0 Å². The van der Waals surface area contributed by atoms with Crippen LogP contribution in [0.3, 0.4) is 0 Å². The summed E-state index contributed by atoms with van der Waals surface area (Å²) in [6.07, 6.45) is 0.0324. The van der Waals surface area contributed by atoms with E-state index in [4.69, 9.17) is 9.47 Å². The van der Waals surface area contributed by atoms with Crippen LogP contribution >= 0.6 is 0 Å². The molecule has 0 bridgehead atoms. The van der Waals surface area contributed by atoms with Gasteiger partial charge in [0.1, 0.15) is 0 Å². The van der Waals surface area contributed by atoms with Crippen LogP contribution in [-0.4, -0.2) is 23.9 Å². The molecule has 0 unspecified atom stereocenters. The molecule has 2 aromatic carbocycles. The van der Waals surface area contributed by atoms with E-state index in [0.29, 0.717) is 26.2 Å². The van der Waals surface area contributed by atoms with E-state index in [-0.39, 0.29) is 12.0 Å². The van der Waals surface area contributed by atoms with Gasteiger partial charge in [-0.05, 0) is 16.7 Å². The number of aliphatic hydroxyl groups excluding tert-OH is 1. The first-order valence-corrected chi connectivity index (χ1v) is 8.38. The number of hydrogen-bond donors (Lipinski definition) is 1. The third-order valence-corrected chi connectivity index (χ3v) is 4.52. The van der Waals surface area contributed by atoms with Crippen LogP contribution in [0, 0.1) is 5.92 Å². The van der Waals surface area contributed by atoms with Crippen LogP contribution in [-0.2, 0) is 22.7 Å². The van der Waals surface area contributed by atoms with E-state index < -0.39 is 6.10 Å². The molecule has 1 fully saturated rings. The molecule has 1 aliphatic rings. The second-order valence-corrected chi connectivity index (χ2v) is 6.27. The number of benzene rings is 2. The van der Waals surface area contributed by atoms with Crippen molar-refractivity contribution in [2.75, 3.05) is 6.61 Å². The van der Waals surface area contributed by atoms with Crippen LogP contribution in [0.25, 0.3) is 0 Å². The van der Waals surface area contributed by atoms with Crippen LogP contribution in [0.1, 0.15) is 17.5 Å². The molecule has 3 nitrogen and oxygen atoms in total. The van der Waals surface area contributed by atoms with Gasteiger partial charge in [0, 0.05) is 12.3 Å². The lowest BCUT2D eigenvalue weighted by molar-refractivity contribution is -0.0145. The van der Waals surface area contributed by atoms with E-state index in [1.165, 1.54) is 0 Å². The lowest BCUT2D eigenvalue weighted by Crippen LogP contribution is -2.23. The second-order valence-electron chi connectivity index (χ2n) is 6.27. The van der Waals surface area contributed by atoms with Crippen LogP contribution < -0.4 is 0 Å². The van der Waals surface area contributed by atoms with Crippen molar-refractivity contribution in [2.45, 2.75) is 31.8 Å². The monoisotopic (exact) mass is 324 g/mol. The first-order chi connectivity index (χ1) is 11.7. The molecule has 24 heavy (non-hydrogen) atoms. The predicted octanol–water partition coefficient (Wildman–Crippen LogP) is 3.73. The summed E-state index contributed by atoms with van der Waals surface area (Å²) in [5.74, 6) is 0.0347. The van der Waals surface area contributed by atoms with E-state index in [1.54, 1.807) is 0 Å². The number of rotatable bonds is 7. The maximum Gasteiger partial charge on any atom is 0.0777 e. The van der Waals surface area contributed by atoms with Gasteiger partial charge >= 0.3 is 0 Å². The van der Waals surface area contributed by atoms with Crippen molar-refractivity contribution >= 4 is 0 Å². The Morgan fingerprint density at radius 2 is 1.50 bits per heavy atom. The van der Waals surface area contributed by atoms with Gasteiger partial charge in [-0.3, -0.25) is 0 Å². The minimum Gasteiger partial charge on any atom is -0.389 e. The van der Waals surface area contributed by atoms with Crippen molar-refractivity contribution < 1.29 is 14.6 Å². The lowest BCUT2D eigenvalue weighted by atomic mass is 10.0. The van der Waals surface area contributed by atoms with Crippen molar-refractivity contribution in [1.29, 1.82) is 0 Å². The van der Waals surface area contributed by atoms with Gasteiger partial charge in [-0.25, -0.2) is 0 Å². The Morgan fingerprint density at radius 3 is 2.12 bits per heavy atom. The fourth-order valence-corrected chi connectivity index (χ4v) is 3.08. The van der Waals surface area contributed by atoms with Gasteiger partial charge in [0.2, 0.25) is 0 Å². The number of aliphatic hydroxyl groups is 1. The summed E-state index contributed by atoms with van der Waals surface area (Å²) in [4.78, 5) is 0. The highest BCUT2D eigenvalue weighted by Crippen LogP contribution is 2.33. The Kier molecular flexibility index (Phi) is 5.81. The molecule has 1 N–H and O–H groups in total. The van der Waals surface area contributed by atoms with Gasteiger partial charge in [0.15, 0.2) is 0 Å². The third-order valence-electron chi connectivity index (χ3n) is 4.52. The fourth-order valence-electron chi connectivity index (χ4n) is 3.08. The van der Waals surface area contributed by atoms with Gasteiger partial charge in [0.05, 0.1) is 32.0 Å². The predicted molar refractivity (Wildman–Crippen MR) is 94.4 cm³/mol. The SMILES string of the molecule is C=C1[C@H](O)C[C@H](OCc2ccccc2)[C@H]1COCc1ccccc1. The fraction of sp³-hybridized carbons (Fsp3) is 0.333. The van der Waals surface area contributed by atoms with Crippen LogP contribution in [0.4, 0.5) is 0 Å². The highest BCUT2D eigenvalue weighted by atomic mass is 16.5. The molecule has 3 rings (SSSR count). The maximum atomic E-state index is 10.1. The average molecular weight is 324 g/mol. The second kappa shape index (κ2) is 8.25. The highest BCUT2D eigenvalue weighted by Gasteiger charge is 2.37. The molecule has 3 heteroatoms. The normalized spacial score (nSPS) is 23.5. The topological polar surface area (TPSA) is 38.7 Å². The van der Waals surface area contributed by atoms with E-state index >= 15 is 0 Å². The molecule has 0 spiro atoms. The molecular weight excluding hydrogens is 300 g/mol. The average Bonchev–Trinajstić information content (AvgIpc) is 2.89. The number of hydrogen-bond acceptors (Lipinski definition) is 3. The van der Waals surface area contributed by atoms with Crippen LogP contribution in [0.2, 0.25) is 0 Å². The van der Waals surface area contributed by atoms with E-state index in [9.17, 15) is 5.11 Å². The van der Waals surface area contributed by atoms with Crippen molar-refractivity contribution in [3.8, 4) is 0 Å². The first-order valence-electron chi connectivity index (χ1n) is 8.38. The molecule has 0 amide bonds. The Morgan fingerprint density at radius 1 is 0.917 bits per heavy atom. The standard InChI is InChI=1S/C21H24O3/c1-16-19(15-23-13-17-8-4-2-5-9-17)21(12-20(16)22)24-14-18-10-6-3-7-11-18/h2-11,19-22H,1,12-15H2/t19-,20+,21-/m0/s1. The highest BCUT2D eigenvalue weighted by molar-refractivity contribution is 5.18. The summed E-state index contributed by atoms with van der Waals surface area (Å²) in [5.41, 5.74) is 3.10. The van der Waals surface area contributed by atoms with E-state index in [0.717, 1.165) is 16.7 Å². The third kappa shape index (κ3) is 4.32. The minimum absolute atomic E-state index is 0.0347. The van der Waals surface area contributed by atoms with Crippen LogP contribution in [0.15, 0.2) is 72.8 Å². The summed E-state index contributed by atoms with van der Waals surface area (Å²) >= 11 is 0. The summed E-state index contributed by atoms with van der Waals surface area (Å²) in [6, 6.07) is 20.2. The molecular formula is C21H24O3. The molecule has 0 radical (unpaired) electrons. The smallest absolute Gasteiger partial charge is 0.0777 e. The molecule has 1 aliphatic carbocycles. The van der Waals surface area contributed by atoms with Gasteiger partial charge in [-0.1, -0.05) is 67.2 Å². The molecule has 1 saturated carbocycles. The van der Waals surface area contributed by atoms with Gasteiger partial charge in [-0.15, -0.1) is 0 Å². The summed E-state index contributed by atoms with van der Waals surface area (Å²) < 4.78 is 11.9. The molecule has 2 aromatic rings. The summed E-state index contributed by atoms with van der Waals surface area (Å²) in [5, 5.41) is 10.1. The quantitative estimate of drug-likeness (QED) is 0.789. The maximum absolute atomic E-state index is 10.1. The lowest BCUT2D eigenvalue weighted by Gasteiger charge is -2.21. The van der Waals surface area contributed by atoms with Crippen molar-refractivity contribution in [3.05, 3.63) is 83.9 Å². The van der Waals surface area contributed by atoms with Gasteiger partial charge in [-0.2, -0.15) is 0 Å². The Balaban J connectivity index is 1.53. The molecule has 0 aromatic heterocycles. The molecule has 0 aliphatic heterocycles. The Bertz CT molecular complexity index is 639. The van der Waals surface area contributed by atoms with E-state index in [1.807, 2.05) is 60.7 Å². The molecule has 0 heterocycles. The summed E-state index contributed by atoms with van der Waals surface area (Å²) in [6.45, 7) is 5.66. The largest absolute Gasteiger partial charge is 0.389 e. The zero-order chi connectivity index (χ0) is 16.8. The van der Waals surface area contributed by atoms with Crippen molar-refractivity contribution in [3.63, 3.8) is 0 Å². The number of ether oxygens (including phenoxy) is 2. The summed E-state index contributed by atoms with van der Waals surface area (Å²) in [7, 11) is 0. The zero-order valence-electron chi connectivity index (χ0n) is 13.8. The van der Waals surface area contributed by atoms with Crippen LogP contribution in [0.5, 0.6) is 0 Å².